The number of carbonyl (C=O) groups excluding carboxylic acids is 1. The fourth-order valence-electron chi connectivity index (χ4n) is 4.14. The number of hydrogen-bond acceptors (Lipinski definition) is 2. The van der Waals surface area contributed by atoms with Crippen molar-refractivity contribution in [1.29, 1.82) is 0 Å². The number of halogens is 3. The van der Waals surface area contributed by atoms with E-state index in [0.717, 1.165) is 18.4 Å². The standard InChI is InChI=1S/C20H28F3N3O/c1-14-5-6-17(10-15(14)2)18-4-3-8-26(18)19(27)24-11-16-7-9-25(12-16)13-20(21,22)23/h5-6,10,16,18H,3-4,7-9,11-13H2,1-2H3,(H,24,27). The Morgan fingerprint density at radius 2 is 1.96 bits per heavy atom. The first-order valence-corrected chi connectivity index (χ1v) is 9.63. The fraction of sp³-hybridized carbons (Fsp3) is 0.650. The highest BCUT2D eigenvalue weighted by Gasteiger charge is 2.35. The Labute approximate surface area is 158 Å². The zero-order valence-corrected chi connectivity index (χ0v) is 16.0. The summed E-state index contributed by atoms with van der Waals surface area (Å²) in [5, 5.41) is 2.95. The first kappa shape index (κ1) is 20.0. The molecule has 2 unspecified atom stereocenters. The van der Waals surface area contributed by atoms with Crippen LogP contribution in [0, 0.1) is 19.8 Å². The molecule has 0 bridgehead atoms. The number of nitrogens with one attached hydrogen (secondary N) is 1. The molecule has 150 valence electrons. The molecule has 0 aliphatic carbocycles. The molecule has 4 nitrogen and oxygen atoms in total. The van der Waals surface area contributed by atoms with Gasteiger partial charge in [0.2, 0.25) is 0 Å². The van der Waals surface area contributed by atoms with Crippen LogP contribution in [0.3, 0.4) is 0 Å². The summed E-state index contributed by atoms with van der Waals surface area (Å²) < 4.78 is 37.5. The van der Waals surface area contributed by atoms with Gasteiger partial charge in [0.15, 0.2) is 0 Å². The molecule has 1 N–H and O–H groups in total. The summed E-state index contributed by atoms with van der Waals surface area (Å²) in [4.78, 5) is 16.0. The van der Waals surface area contributed by atoms with Gasteiger partial charge in [0.05, 0.1) is 12.6 Å². The second-order valence-corrected chi connectivity index (χ2v) is 7.89. The average Bonchev–Trinajstić information content (AvgIpc) is 3.23. The third-order valence-corrected chi connectivity index (χ3v) is 5.74. The van der Waals surface area contributed by atoms with Gasteiger partial charge in [0, 0.05) is 19.6 Å². The summed E-state index contributed by atoms with van der Waals surface area (Å²) in [5.41, 5.74) is 3.61. The summed E-state index contributed by atoms with van der Waals surface area (Å²) in [6.45, 7) is 5.26. The topological polar surface area (TPSA) is 35.6 Å². The third-order valence-electron chi connectivity index (χ3n) is 5.74. The van der Waals surface area contributed by atoms with Gasteiger partial charge in [-0.1, -0.05) is 18.2 Å². The molecule has 1 aromatic carbocycles. The summed E-state index contributed by atoms with van der Waals surface area (Å²) in [6.07, 6.45) is -1.56. The predicted molar refractivity (Wildman–Crippen MR) is 98.6 cm³/mol. The lowest BCUT2D eigenvalue weighted by Crippen LogP contribution is -2.42. The number of likely N-dealkylation sites (tertiary alicyclic amines) is 2. The molecule has 0 aromatic heterocycles. The number of carbonyl (C=O) groups is 1. The molecule has 2 aliphatic heterocycles. The minimum atomic E-state index is -4.16. The molecule has 2 amide bonds. The van der Waals surface area contributed by atoms with Gasteiger partial charge >= 0.3 is 12.2 Å². The van der Waals surface area contributed by atoms with Gasteiger partial charge in [-0.05, 0) is 62.3 Å². The van der Waals surface area contributed by atoms with E-state index in [-0.39, 0.29) is 18.0 Å². The van der Waals surface area contributed by atoms with Crippen LogP contribution in [0.5, 0.6) is 0 Å². The number of alkyl halides is 3. The molecule has 1 aromatic rings. The van der Waals surface area contributed by atoms with E-state index in [1.54, 1.807) is 0 Å². The van der Waals surface area contributed by atoms with Gasteiger partial charge in [0.25, 0.3) is 0 Å². The number of amides is 2. The zero-order valence-electron chi connectivity index (χ0n) is 16.0. The minimum Gasteiger partial charge on any atom is -0.338 e. The normalized spacial score (nSPS) is 23.8. The number of aryl methyl sites for hydroxylation is 2. The lowest BCUT2D eigenvalue weighted by molar-refractivity contribution is -0.143. The number of nitrogens with zero attached hydrogens (tertiary/aromatic N) is 2. The van der Waals surface area contributed by atoms with Crippen LogP contribution in [0.2, 0.25) is 0 Å². The molecular formula is C20H28F3N3O. The molecule has 2 saturated heterocycles. The molecule has 7 heteroatoms. The molecule has 0 radical (unpaired) electrons. The van der Waals surface area contributed by atoms with Crippen LogP contribution in [0.4, 0.5) is 18.0 Å². The lowest BCUT2D eigenvalue weighted by Gasteiger charge is -2.26. The van der Waals surface area contributed by atoms with Gasteiger partial charge in [0.1, 0.15) is 0 Å². The van der Waals surface area contributed by atoms with E-state index >= 15 is 0 Å². The van der Waals surface area contributed by atoms with E-state index in [1.807, 2.05) is 4.90 Å². The predicted octanol–water partition coefficient (Wildman–Crippen LogP) is 4.03. The molecule has 0 spiro atoms. The van der Waals surface area contributed by atoms with Crippen molar-refractivity contribution in [2.45, 2.75) is 45.3 Å². The first-order valence-electron chi connectivity index (χ1n) is 9.63. The monoisotopic (exact) mass is 383 g/mol. The second kappa shape index (κ2) is 8.09. The zero-order chi connectivity index (χ0) is 19.6. The van der Waals surface area contributed by atoms with Gasteiger partial charge in [-0.2, -0.15) is 13.2 Å². The fourth-order valence-corrected chi connectivity index (χ4v) is 4.14. The van der Waals surface area contributed by atoms with Crippen LogP contribution in [0.25, 0.3) is 0 Å². The van der Waals surface area contributed by atoms with Crippen molar-refractivity contribution >= 4 is 6.03 Å². The molecule has 27 heavy (non-hydrogen) atoms. The Morgan fingerprint density at radius 3 is 2.67 bits per heavy atom. The molecule has 2 heterocycles. The van der Waals surface area contributed by atoms with Crippen molar-refractivity contribution in [1.82, 2.24) is 15.1 Å². The first-order chi connectivity index (χ1) is 12.7. The van der Waals surface area contributed by atoms with Gasteiger partial charge in [-0.3, -0.25) is 4.90 Å². The molecule has 2 atom stereocenters. The van der Waals surface area contributed by atoms with Crippen molar-refractivity contribution in [3.8, 4) is 0 Å². The van der Waals surface area contributed by atoms with E-state index in [2.05, 4.69) is 37.4 Å². The van der Waals surface area contributed by atoms with Crippen LogP contribution in [0.15, 0.2) is 18.2 Å². The van der Waals surface area contributed by atoms with E-state index in [0.29, 0.717) is 32.6 Å². The van der Waals surface area contributed by atoms with Crippen molar-refractivity contribution in [2.24, 2.45) is 5.92 Å². The van der Waals surface area contributed by atoms with Crippen molar-refractivity contribution in [3.05, 3.63) is 34.9 Å². The van der Waals surface area contributed by atoms with E-state index in [9.17, 15) is 18.0 Å². The average molecular weight is 383 g/mol. The van der Waals surface area contributed by atoms with Crippen molar-refractivity contribution in [2.75, 3.05) is 32.7 Å². The highest BCUT2D eigenvalue weighted by molar-refractivity contribution is 5.75. The minimum absolute atomic E-state index is 0.0783. The van der Waals surface area contributed by atoms with Gasteiger partial charge in [-0.15, -0.1) is 0 Å². The number of benzene rings is 1. The second-order valence-electron chi connectivity index (χ2n) is 7.89. The van der Waals surface area contributed by atoms with Crippen LogP contribution in [-0.4, -0.2) is 54.7 Å². The van der Waals surface area contributed by atoms with E-state index < -0.39 is 12.7 Å². The Morgan fingerprint density at radius 1 is 1.19 bits per heavy atom. The smallest absolute Gasteiger partial charge is 0.338 e. The Hall–Kier alpha value is -1.76. The molecular weight excluding hydrogens is 355 g/mol. The van der Waals surface area contributed by atoms with Crippen molar-refractivity contribution in [3.63, 3.8) is 0 Å². The molecule has 2 aliphatic rings. The SMILES string of the molecule is Cc1ccc(C2CCCN2C(=O)NCC2CCN(CC(F)(F)F)C2)cc1C. The Balaban J connectivity index is 1.52. The number of hydrogen-bond donors (Lipinski definition) is 1. The van der Waals surface area contributed by atoms with E-state index in [1.165, 1.54) is 16.0 Å². The molecule has 3 rings (SSSR count). The number of urea groups is 1. The Kier molecular flexibility index (Phi) is 5.99. The number of rotatable bonds is 4. The highest BCUT2D eigenvalue weighted by atomic mass is 19.4. The molecule has 2 fully saturated rings. The largest absolute Gasteiger partial charge is 0.401 e. The highest BCUT2D eigenvalue weighted by Crippen LogP contribution is 2.33. The van der Waals surface area contributed by atoms with Gasteiger partial charge < -0.3 is 10.2 Å². The summed E-state index contributed by atoms with van der Waals surface area (Å²) >= 11 is 0. The summed E-state index contributed by atoms with van der Waals surface area (Å²) in [7, 11) is 0. The van der Waals surface area contributed by atoms with Crippen molar-refractivity contribution < 1.29 is 18.0 Å². The summed E-state index contributed by atoms with van der Waals surface area (Å²) in [6, 6.07) is 6.30. The van der Waals surface area contributed by atoms with E-state index in [4.69, 9.17) is 0 Å². The quantitative estimate of drug-likeness (QED) is 0.852. The maximum atomic E-state index is 12.7. The maximum Gasteiger partial charge on any atom is 0.401 e. The van der Waals surface area contributed by atoms with Crippen LogP contribution in [0.1, 0.15) is 42.0 Å². The maximum absolute atomic E-state index is 12.7. The van der Waals surface area contributed by atoms with Crippen LogP contribution in [-0.2, 0) is 0 Å². The molecule has 0 saturated carbocycles. The Bertz CT molecular complexity index is 677. The van der Waals surface area contributed by atoms with Crippen LogP contribution < -0.4 is 5.32 Å². The van der Waals surface area contributed by atoms with Gasteiger partial charge in [-0.25, -0.2) is 4.79 Å². The van der Waals surface area contributed by atoms with Crippen LogP contribution >= 0.6 is 0 Å². The third kappa shape index (κ3) is 5.15. The summed E-state index contributed by atoms with van der Waals surface area (Å²) in [5.74, 6) is 0.0824. The lowest BCUT2D eigenvalue weighted by atomic mass is 9.99.